The Balaban J connectivity index is 2.52. The lowest BCUT2D eigenvalue weighted by atomic mass is 9.80. The highest BCUT2D eigenvalue weighted by Gasteiger charge is 2.36. The van der Waals surface area contributed by atoms with E-state index in [2.05, 4.69) is 5.16 Å². The van der Waals surface area contributed by atoms with Crippen molar-refractivity contribution in [1.29, 1.82) is 0 Å². The van der Waals surface area contributed by atoms with E-state index in [9.17, 15) is 5.11 Å². The third-order valence-corrected chi connectivity index (χ3v) is 2.74. The van der Waals surface area contributed by atoms with Crippen LogP contribution in [0.5, 0.6) is 0 Å². The Bertz CT molecular complexity index is 321. The molecule has 4 heteroatoms. The number of rotatable bonds is 1. The van der Waals surface area contributed by atoms with E-state index < -0.39 is 5.54 Å². The van der Waals surface area contributed by atoms with Gasteiger partial charge in [0.25, 0.3) is 0 Å². The third-order valence-electron chi connectivity index (χ3n) is 2.74. The minimum Gasteiger partial charge on any atom is -0.394 e. The Morgan fingerprint density at radius 1 is 1.69 bits per heavy atom. The van der Waals surface area contributed by atoms with Gasteiger partial charge in [-0.1, -0.05) is 5.16 Å². The first kappa shape index (κ1) is 8.72. The summed E-state index contributed by atoms with van der Waals surface area (Å²) in [5.74, 6) is 0.847. The van der Waals surface area contributed by atoms with Crippen LogP contribution >= 0.6 is 0 Å². The first-order valence-electron chi connectivity index (χ1n) is 4.53. The molecule has 13 heavy (non-hydrogen) atoms. The summed E-state index contributed by atoms with van der Waals surface area (Å²) in [5, 5.41) is 13.1. The van der Waals surface area contributed by atoms with Crippen LogP contribution in [-0.2, 0) is 12.0 Å². The maximum absolute atomic E-state index is 9.25. The van der Waals surface area contributed by atoms with Crippen LogP contribution in [0.3, 0.4) is 0 Å². The van der Waals surface area contributed by atoms with Crippen LogP contribution in [0.25, 0.3) is 0 Å². The van der Waals surface area contributed by atoms with E-state index in [0.29, 0.717) is 0 Å². The summed E-state index contributed by atoms with van der Waals surface area (Å²) in [7, 11) is 0. The van der Waals surface area contributed by atoms with Crippen molar-refractivity contribution in [2.75, 3.05) is 6.61 Å². The van der Waals surface area contributed by atoms with Crippen LogP contribution in [0.1, 0.15) is 29.9 Å². The second kappa shape index (κ2) is 2.82. The lowest BCUT2D eigenvalue weighted by Gasteiger charge is -2.30. The van der Waals surface area contributed by atoms with Crippen LogP contribution in [0.4, 0.5) is 0 Å². The SMILES string of the molecule is Cc1noc2c1C(N)(CO)CCC2. The molecule has 1 heterocycles. The second-order valence-electron chi connectivity index (χ2n) is 3.73. The van der Waals surface area contributed by atoms with Gasteiger partial charge in [0.2, 0.25) is 0 Å². The van der Waals surface area contributed by atoms with E-state index in [-0.39, 0.29) is 6.61 Å². The maximum Gasteiger partial charge on any atom is 0.142 e. The zero-order chi connectivity index (χ0) is 9.47. The lowest BCUT2D eigenvalue weighted by molar-refractivity contribution is 0.174. The van der Waals surface area contributed by atoms with E-state index >= 15 is 0 Å². The Morgan fingerprint density at radius 2 is 2.46 bits per heavy atom. The first-order chi connectivity index (χ1) is 6.17. The molecule has 4 nitrogen and oxygen atoms in total. The normalized spacial score (nSPS) is 27.3. The van der Waals surface area contributed by atoms with Crippen molar-refractivity contribution in [3.8, 4) is 0 Å². The van der Waals surface area contributed by atoms with E-state index in [1.807, 2.05) is 6.92 Å². The summed E-state index contributed by atoms with van der Waals surface area (Å²) in [4.78, 5) is 0. The number of nitrogens with two attached hydrogens (primary N) is 1. The van der Waals surface area contributed by atoms with Gasteiger partial charge < -0.3 is 15.4 Å². The van der Waals surface area contributed by atoms with Gasteiger partial charge in [-0.05, 0) is 19.8 Å². The fraction of sp³-hybridized carbons (Fsp3) is 0.667. The highest BCUT2D eigenvalue weighted by atomic mass is 16.5. The molecule has 1 aromatic heterocycles. The van der Waals surface area contributed by atoms with Gasteiger partial charge in [-0.3, -0.25) is 0 Å². The Labute approximate surface area is 76.7 Å². The van der Waals surface area contributed by atoms with Crippen molar-refractivity contribution < 1.29 is 9.63 Å². The molecule has 0 bridgehead atoms. The number of aromatic nitrogens is 1. The molecule has 1 aliphatic carbocycles. The maximum atomic E-state index is 9.25. The predicted molar refractivity (Wildman–Crippen MR) is 47.1 cm³/mol. The molecule has 3 N–H and O–H groups in total. The summed E-state index contributed by atoms with van der Waals surface area (Å²) in [5.41, 5.74) is 7.17. The van der Waals surface area contributed by atoms with Crippen molar-refractivity contribution in [2.24, 2.45) is 5.73 Å². The Hall–Kier alpha value is -0.870. The Kier molecular flexibility index (Phi) is 1.89. The van der Waals surface area contributed by atoms with E-state index in [0.717, 1.165) is 36.3 Å². The zero-order valence-electron chi connectivity index (χ0n) is 7.71. The van der Waals surface area contributed by atoms with Crippen LogP contribution < -0.4 is 5.73 Å². The molecule has 0 aliphatic heterocycles. The van der Waals surface area contributed by atoms with Crippen molar-refractivity contribution in [2.45, 2.75) is 31.7 Å². The molecular weight excluding hydrogens is 168 g/mol. The summed E-state index contributed by atoms with van der Waals surface area (Å²) in [6.07, 6.45) is 2.65. The summed E-state index contributed by atoms with van der Waals surface area (Å²) >= 11 is 0. The van der Waals surface area contributed by atoms with E-state index in [1.165, 1.54) is 0 Å². The fourth-order valence-corrected chi connectivity index (χ4v) is 2.07. The molecule has 1 atom stereocenters. The molecule has 1 aliphatic rings. The highest BCUT2D eigenvalue weighted by Crippen LogP contribution is 2.34. The van der Waals surface area contributed by atoms with Gasteiger partial charge in [0.05, 0.1) is 17.8 Å². The number of aryl methyl sites for hydroxylation is 2. The number of aliphatic hydroxyl groups is 1. The van der Waals surface area contributed by atoms with Gasteiger partial charge in [-0.15, -0.1) is 0 Å². The lowest BCUT2D eigenvalue weighted by Crippen LogP contribution is -2.43. The largest absolute Gasteiger partial charge is 0.394 e. The molecule has 0 amide bonds. The molecule has 0 fully saturated rings. The smallest absolute Gasteiger partial charge is 0.142 e. The molecule has 0 saturated heterocycles. The van der Waals surface area contributed by atoms with Crippen molar-refractivity contribution >= 4 is 0 Å². The average molecular weight is 182 g/mol. The van der Waals surface area contributed by atoms with Crippen molar-refractivity contribution in [3.63, 3.8) is 0 Å². The van der Waals surface area contributed by atoms with Gasteiger partial charge in [0.1, 0.15) is 5.76 Å². The van der Waals surface area contributed by atoms with Crippen molar-refractivity contribution in [1.82, 2.24) is 5.16 Å². The van der Waals surface area contributed by atoms with Gasteiger partial charge in [-0.2, -0.15) is 0 Å². The van der Waals surface area contributed by atoms with Crippen LogP contribution in [0.2, 0.25) is 0 Å². The molecule has 0 saturated carbocycles. The molecular formula is C9H14N2O2. The quantitative estimate of drug-likeness (QED) is 0.662. The highest BCUT2D eigenvalue weighted by molar-refractivity contribution is 5.32. The summed E-state index contributed by atoms with van der Waals surface area (Å²) in [6.45, 7) is 1.83. The van der Waals surface area contributed by atoms with Crippen LogP contribution in [0, 0.1) is 6.92 Å². The topological polar surface area (TPSA) is 72.3 Å². The Morgan fingerprint density at radius 3 is 3.15 bits per heavy atom. The molecule has 2 rings (SSSR count). The molecule has 0 radical (unpaired) electrons. The molecule has 1 aromatic rings. The van der Waals surface area contributed by atoms with E-state index in [1.54, 1.807) is 0 Å². The minimum absolute atomic E-state index is 0.0396. The van der Waals surface area contributed by atoms with Gasteiger partial charge >= 0.3 is 0 Å². The molecule has 0 aromatic carbocycles. The van der Waals surface area contributed by atoms with Gasteiger partial charge in [-0.25, -0.2) is 0 Å². The summed E-state index contributed by atoms with van der Waals surface area (Å²) in [6, 6.07) is 0. The number of aliphatic hydroxyl groups excluding tert-OH is 1. The van der Waals surface area contributed by atoms with Gasteiger partial charge in [0.15, 0.2) is 0 Å². The fourth-order valence-electron chi connectivity index (χ4n) is 2.07. The monoisotopic (exact) mass is 182 g/mol. The van der Waals surface area contributed by atoms with Gasteiger partial charge in [0, 0.05) is 12.0 Å². The minimum atomic E-state index is -0.627. The molecule has 0 spiro atoms. The average Bonchev–Trinajstić information content (AvgIpc) is 2.50. The zero-order valence-corrected chi connectivity index (χ0v) is 7.71. The number of nitrogens with zero attached hydrogens (tertiary/aromatic N) is 1. The molecule has 1 unspecified atom stereocenters. The number of hydrogen-bond acceptors (Lipinski definition) is 4. The molecule has 72 valence electrons. The van der Waals surface area contributed by atoms with Crippen LogP contribution in [-0.4, -0.2) is 16.9 Å². The third kappa shape index (κ3) is 1.17. The number of fused-ring (bicyclic) bond motifs is 1. The summed E-state index contributed by atoms with van der Waals surface area (Å²) < 4.78 is 5.14. The van der Waals surface area contributed by atoms with Crippen LogP contribution in [0.15, 0.2) is 4.52 Å². The van der Waals surface area contributed by atoms with Crippen molar-refractivity contribution in [3.05, 3.63) is 17.0 Å². The van der Waals surface area contributed by atoms with E-state index in [4.69, 9.17) is 10.3 Å². The standard InChI is InChI=1S/C9H14N2O2/c1-6-8-7(13-11-6)3-2-4-9(8,10)5-12/h12H,2-5,10H2,1H3. The number of hydrogen-bond donors (Lipinski definition) is 2. The predicted octanol–water partition coefficient (Wildman–Crippen LogP) is 0.466. The second-order valence-corrected chi connectivity index (χ2v) is 3.73. The first-order valence-corrected chi connectivity index (χ1v) is 4.53.